The van der Waals surface area contributed by atoms with Gasteiger partial charge >= 0.3 is 0 Å². The molecule has 1 aromatic rings. The molecule has 1 aromatic heterocycles. The Bertz CT molecular complexity index is 222. The smallest absolute Gasteiger partial charge is 0.175 e. The molecule has 10 heavy (non-hydrogen) atoms. The minimum Gasteiger partial charge on any atom is -0.302 e. The second-order valence-corrected chi connectivity index (χ2v) is 8.43. The maximum absolute atomic E-state index is 4.27. The van der Waals surface area contributed by atoms with Crippen molar-refractivity contribution < 1.29 is 0 Å². The third kappa shape index (κ3) is 1.47. The first-order valence-corrected chi connectivity index (χ1v) is 6.96. The van der Waals surface area contributed by atoms with Crippen LogP contribution >= 0.6 is 0 Å². The molecule has 0 unspecified atom stereocenters. The van der Waals surface area contributed by atoms with E-state index in [1.165, 1.54) is 5.56 Å². The Balaban J connectivity index is 2.96. The van der Waals surface area contributed by atoms with E-state index in [1.54, 1.807) is 0 Å². The zero-order chi connectivity index (χ0) is 7.78. The SMILES string of the molecule is Cc1cnn([Si](C)(C)C)c1. The molecule has 0 N–H and O–H groups in total. The molecule has 0 aliphatic carbocycles. The summed E-state index contributed by atoms with van der Waals surface area (Å²) in [5, 5.41) is 4.27. The molecule has 0 fully saturated rings. The van der Waals surface area contributed by atoms with Crippen molar-refractivity contribution in [2.24, 2.45) is 0 Å². The van der Waals surface area contributed by atoms with Gasteiger partial charge in [0.2, 0.25) is 0 Å². The maximum Gasteiger partial charge on any atom is 0.175 e. The second kappa shape index (κ2) is 2.23. The van der Waals surface area contributed by atoms with Gasteiger partial charge in [-0.2, -0.15) is 5.10 Å². The molecule has 3 heteroatoms. The quantitative estimate of drug-likeness (QED) is 0.565. The molecule has 1 rings (SSSR count). The number of nitrogens with zero attached hydrogens (tertiary/aromatic N) is 2. The zero-order valence-electron chi connectivity index (χ0n) is 7.05. The summed E-state index contributed by atoms with van der Waals surface area (Å²) in [4.78, 5) is 0. The average Bonchev–Trinajstić information content (AvgIpc) is 2.11. The molecular weight excluding hydrogens is 140 g/mol. The van der Waals surface area contributed by atoms with Gasteiger partial charge in [0.1, 0.15) is 0 Å². The molecule has 0 spiro atoms. The van der Waals surface area contributed by atoms with Crippen LogP contribution in [0.4, 0.5) is 0 Å². The van der Waals surface area contributed by atoms with E-state index in [-0.39, 0.29) is 0 Å². The number of hydrogen-bond donors (Lipinski definition) is 0. The Morgan fingerprint density at radius 3 is 2.20 bits per heavy atom. The van der Waals surface area contributed by atoms with Gasteiger partial charge < -0.3 is 4.35 Å². The molecule has 0 saturated carbocycles. The summed E-state index contributed by atoms with van der Waals surface area (Å²) in [6.45, 7) is 8.90. The highest BCUT2D eigenvalue weighted by molar-refractivity contribution is 6.74. The largest absolute Gasteiger partial charge is 0.302 e. The molecule has 0 radical (unpaired) electrons. The molecule has 56 valence electrons. The Morgan fingerprint density at radius 1 is 1.40 bits per heavy atom. The van der Waals surface area contributed by atoms with Crippen molar-refractivity contribution in [3.8, 4) is 0 Å². The maximum atomic E-state index is 4.27. The van der Waals surface area contributed by atoms with E-state index in [9.17, 15) is 0 Å². The van der Waals surface area contributed by atoms with E-state index < -0.39 is 8.24 Å². The number of rotatable bonds is 1. The van der Waals surface area contributed by atoms with E-state index in [4.69, 9.17) is 0 Å². The lowest BCUT2D eigenvalue weighted by atomic mass is 10.4. The molecule has 0 bridgehead atoms. The average molecular weight is 154 g/mol. The fraction of sp³-hybridized carbons (Fsp3) is 0.571. The van der Waals surface area contributed by atoms with Gasteiger partial charge in [0.15, 0.2) is 8.24 Å². The van der Waals surface area contributed by atoms with Crippen LogP contribution in [-0.4, -0.2) is 17.7 Å². The topological polar surface area (TPSA) is 17.8 Å². The van der Waals surface area contributed by atoms with Crippen LogP contribution in [0.3, 0.4) is 0 Å². The molecular formula is C7H14N2Si. The fourth-order valence-electron chi connectivity index (χ4n) is 0.780. The lowest BCUT2D eigenvalue weighted by molar-refractivity contribution is 0.933. The van der Waals surface area contributed by atoms with Crippen LogP contribution in [0.15, 0.2) is 12.4 Å². The van der Waals surface area contributed by atoms with Crippen LogP contribution in [0.25, 0.3) is 0 Å². The van der Waals surface area contributed by atoms with Crippen molar-refractivity contribution in [3.05, 3.63) is 18.0 Å². The first-order valence-electron chi connectivity index (χ1n) is 3.52. The molecule has 0 aliphatic rings. The summed E-state index contributed by atoms with van der Waals surface area (Å²) in [7, 11) is -1.21. The minimum atomic E-state index is -1.21. The molecule has 1 heterocycles. The number of aromatic nitrogens is 2. The standard InChI is InChI=1S/C7H14N2Si/c1-7-5-8-9(6-7)10(2,3)4/h5-6H,1-4H3. The first-order chi connectivity index (χ1) is 4.50. The summed E-state index contributed by atoms with van der Waals surface area (Å²) in [5.74, 6) is 0. The number of aryl methyl sites for hydroxylation is 1. The van der Waals surface area contributed by atoms with Crippen molar-refractivity contribution in [1.82, 2.24) is 9.45 Å². The Morgan fingerprint density at radius 2 is 2.00 bits per heavy atom. The van der Waals surface area contributed by atoms with Crippen molar-refractivity contribution in [2.75, 3.05) is 0 Å². The van der Waals surface area contributed by atoms with E-state index in [0.717, 1.165) is 0 Å². The number of hydrogen-bond acceptors (Lipinski definition) is 1. The van der Waals surface area contributed by atoms with Crippen LogP contribution in [-0.2, 0) is 0 Å². The van der Waals surface area contributed by atoms with Crippen LogP contribution in [0, 0.1) is 6.92 Å². The Hall–Kier alpha value is -0.573. The van der Waals surface area contributed by atoms with Crippen molar-refractivity contribution in [3.63, 3.8) is 0 Å². The van der Waals surface area contributed by atoms with Crippen LogP contribution in [0.2, 0.25) is 19.6 Å². The molecule has 0 atom stereocenters. The van der Waals surface area contributed by atoms with E-state index in [1.807, 2.05) is 6.20 Å². The highest BCUT2D eigenvalue weighted by Gasteiger charge is 2.16. The minimum absolute atomic E-state index is 1.21. The molecule has 0 aromatic carbocycles. The van der Waals surface area contributed by atoms with Gasteiger partial charge in [-0.25, -0.2) is 0 Å². The van der Waals surface area contributed by atoms with Crippen molar-refractivity contribution in [2.45, 2.75) is 26.6 Å². The van der Waals surface area contributed by atoms with Gasteiger partial charge in [-0.3, -0.25) is 0 Å². The van der Waals surface area contributed by atoms with Crippen molar-refractivity contribution in [1.29, 1.82) is 0 Å². The molecule has 0 saturated heterocycles. The van der Waals surface area contributed by atoms with Gasteiger partial charge in [0, 0.05) is 6.20 Å². The predicted molar refractivity (Wildman–Crippen MR) is 45.7 cm³/mol. The summed E-state index contributed by atoms with van der Waals surface area (Å²) >= 11 is 0. The van der Waals surface area contributed by atoms with Crippen LogP contribution < -0.4 is 0 Å². The second-order valence-electron chi connectivity index (χ2n) is 3.63. The normalized spacial score (nSPS) is 12.0. The van der Waals surface area contributed by atoms with Crippen LogP contribution in [0.1, 0.15) is 5.56 Å². The third-order valence-corrected chi connectivity index (χ3v) is 3.02. The summed E-state index contributed by atoms with van der Waals surface area (Å²) in [6.07, 6.45) is 4.03. The van der Waals surface area contributed by atoms with Gasteiger partial charge in [-0.1, -0.05) is 0 Å². The first kappa shape index (κ1) is 7.53. The van der Waals surface area contributed by atoms with Gasteiger partial charge in [0.25, 0.3) is 0 Å². The van der Waals surface area contributed by atoms with E-state index in [2.05, 4.69) is 42.2 Å². The molecule has 2 nitrogen and oxygen atoms in total. The van der Waals surface area contributed by atoms with Gasteiger partial charge in [0.05, 0.1) is 6.20 Å². The van der Waals surface area contributed by atoms with Crippen molar-refractivity contribution >= 4 is 8.24 Å². The lowest BCUT2D eigenvalue weighted by Gasteiger charge is -2.15. The lowest BCUT2D eigenvalue weighted by Crippen LogP contribution is -2.32. The zero-order valence-corrected chi connectivity index (χ0v) is 8.05. The molecule has 0 aliphatic heterocycles. The fourth-order valence-corrected chi connectivity index (χ4v) is 1.77. The van der Waals surface area contributed by atoms with Gasteiger partial charge in [-0.05, 0) is 32.1 Å². The van der Waals surface area contributed by atoms with E-state index >= 15 is 0 Å². The summed E-state index contributed by atoms with van der Waals surface area (Å²) < 4.78 is 2.11. The molecule has 0 amide bonds. The van der Waals surface area contributed by atoms with Gasteiger partial charge in [-0.15, -0.1) is 0 Å². The summed E-state index contributed by atoms with van der Waals surface area (Å²) in [5.41, 5.74) is 1.25. The highest BCUT2D eigenvalue weighted by Crippen LogP contribution is 2.05. The van der Waals surface area contributed by atoms with E-state index in [0.29, 0.717) is 0 Å². The monoisotopic (exact) mass is 154 g/mol. The summed E-state index contributed by atoms with van der Waals surface area (Å²) in [6, 6.07) is 0. The Kier molecular flexibility index (Phi) is 1.68. The predicted octanol–water partition coefficient (Wildman–Crippen LogP) is 1.87. The Labute approximate surface area is 63.0 Å². The third-order valence-electron chi connectivity index (χ3n) is 1.40. The highest BCUT2D eigenvalue weighted by atomic mass is 28.3. The van der Waals surface area contributed by atoms with Crippen LogP contribution in [0.5, 0.6) is 0 Å².